The van der Waals surface area contributed by atoms with E-state index in [1.165, 1.54) is 6.07 Å². The molecule has 0 spiro atoms. The van der Waals surface area contributed by atoms with Gasteiger partial charge in [-0.25, -0.2) is 4.39 Å². The number of hydrogen-bond acceptors (Lipinski definition) is 2. The number of benzene rings is 1. The maximum atomic E-state index is 13.5. The molecule has 1 unspecified atom stereocenters. The molecule has 1 aromatic carbocycles. The van der Waals surface area contributed by atoms with Gasteiger partial charge in [-0.15, -0.1) is 0 Å². The molecule has 0 heterocycles. The Morgan fingerprint density at radius 2 is 2.11 bits per heavy atom. The highest BCUT2D eigenvalue weighted by molar-refractivity contribution is 9.10. The molecule has 1 atom stereocenters. The second-order valence-corrected chi connectivity index (χ2v) is 7.35. The van der Waals surface area contributed by atoms with E-state index < -0.39 is 0 Å². The zero-order chi connectivity index (χ0) is 14.3. The normalized spacial score (nSPS) is 12.9. The molecule has 0 saturated heterocycles. The molecular formula is C15H23BrFNS. The fourth-order valence-electron chi connectivity index (χ4n) is 1.82. The standard InChI is InChI=1S/C15H23BrFNS/c1-4-8-18-13(10-19-11(2)3)9-12-6-5-7-14(17)15(12)16/h5-7,11,13,18H,4,8-10H2,1-3H3. The van der Waals surface area contributed by atoms with Crippen LogP contribution < -0.4 is 5.32 Å². The van der Waals surface area contributed by atoms with Gasteiger partial charge >= 0.3 is 0 Å². The lowest BCUT2D eigenvalue weighted by Crippen LogP contribution is -2.34. The summed E-state index contributed by atoms with van der Waals surface area (Å²) in [5, 5.41) is 4.18. The highest BCUT2D eigenvalue weighted by Gasteiger charge is 2.13. The molecule has 0 radical (unpaired) electrons. The monoisotopic (exact) mass is 347 g/mol. The fraction of sp³-hybridized carbons (Fsp3) is 0.600. The minimum Gasteiger partial charge on any atom is -0.313 e. The van der Waals surface area contributed by atoms with Crippen molar-refractivity contribution in [3.63, 3.8) is 0 Å². The van der Waals surface area contributed by atoms with Crippen molar-refractivity contribution in [3.8, 4) is 0 Å². The van der Waals surface area contributed by atoms with E-state index in [0.717, 1.165) is 30.7 Å². The Labute approximate surface area is 128 Å². The van der Waals surface area contributed by atoms with Crippen molar-refractivity contribution < 1.29 is 4.39 Å². The van der Waals surface area contributed by atoms with Gasteiger partial charge in [-0.2, -0.15) is 11.8 Å². The summed E-state index contributed by atoms with van der Waals surface area (Å²) in [5.74, 6) is 0.879. The van der Waals surface area contributed by atoms with Crippen LogP contribution in [-0.2, 0) is 6.42 Å². The predicted molar refractivity (Wildman–Crippen MR) is 87.5 cm³/mol. The van der Waals surface area contributed by atoms with E-state index in [1.807, 2.05) is 17.8 Å². The maximum absolute atomic E-state index is 13.5. The molecular weight excluding hydrogens is 325 g/mol. The van der Waals surface area contributed by atoms with Crippen molar-refractivity contribution in [2.45, 2.75) is 44.9 Å². The third-order valence-corrected chi connectivity index (χ3v) is 4.96. The summed E-state index contributed by atoms with van der Waals surface area (Å²) in [6.45, 7) is 7.59. The quantitative estimate of drug-likeness (QED) is 0.734. The van der Waals surface area contributed by atoms with Crippen molar-refractivity contribution in [2.75, 3.05) is 12.3 Å². The molecule has 0 aliphatic heterocycles. The highest BCUT2D eigenvalue weighted by Crippen LogP contribution is 2.23. The molecule has 1 rings (SSSR count). The predicted octanol–water partition coefficient (Wildman–Crippen LogP) is 4.64. The summed E-state index contributed by atoms with van der Waals surface area (Å²) in [5.41, 5.74) is 1.04. The van der Waals surface area contributed by atoms with Crippen LogP contribution in [0.15, 0.2) is 22.7 Å². The number of halogens is 2. The van der Waals surface area contributed by atoms with E-state index in [-0.39, 0.29) is 5.82 Å². The van der Waals surface area contributed by atoms with E-state index in [4.69, 9.17) is 0 Å². The lowest BCUT2D eigenvalue weighted by Gasteiger charge is -2.20. The molecule has 0 saturated carbocycles. The van der Waals surface area contributed by atoms with Crippen LogP contribution in [0.4, 0.5) is 4.39 Å². The van der Waals surface area contributed by atoms with Gasteiger partial charge in [-0.3, -0.25) is 0 Å². The van der Waals surface area contributed by atoms with Crippen molar-refractivity contribution in [1.29, 1.82) is 0 Å². The Bertz CT molecular complexity index is 384. The van der Waals surface area contributed by atoms with Gasteiger partial charge in [-0.05, 0) is 52.2 Å². The van der Waals surface area contributed by atoms with Gasteiger partial charge in [0.25, 0.3) is 0 Å². The highest BCUT2D eigenvalue weighted by atomic mass is 79.9. The molecule has 1 nitrogen and oxygen atoms in total. The Kier molecular flexibility index (Phi) is 8.03. The van der Waals surface area contributed by atoms with E-state index in [9.17, 15) is 4.39 Å². The lowest BCUT2D eigenvalue weighted by molar-refractivity contribution is 0.545. The first-order valence-electron chi connectivity index (χ1n) is 6.82. The third kappa shape index (κ3) is 6.28. The average molecular weight is 348 g/mol. The van der Waals surface area contributed by atoms with E-state index in [2.05, 4.69) is 42.0 Å². The lowest BCUT2D eigenvalue weighted by atomic mass is 10.1. The number of thioether (sulfide) groups is 1. The zero-order valence-corrected chi connectivity index (χ0v) is 14.3. The van der Waals surface area contributed by atoms with Gasteiger partial charge in [0, 0.05) is 11.8 Å². The van der Waals surface area contributed by atoms with E-state index in [1.54, 1.807) is 6.07 Å². The van der Waals surface area contributed by atoms with Gasteiger partial charge in [0.05, 0.1) is 4.47 Å². The van der Waals surface area contributed by atoms with Crippen LogP contribution in [0.2, 0.25) is 0 Å². The zero-order valence-electron chi connectivity index (χ0n) is 11.9. The van der Waals surface area contributed by atoms with Crippen LogP contribution in [0.25, 0.3) is 0 Å². The Morgan fingerprint density at radius 3 is 2.74 bits per heavy atom. The molecule has 19 heavy (non-hydrogen) atoms. The summed E-state index contributed by atoms with van der Waals surface area (Å²) < 4.78 is 14.1. The van der Waals surface area contributed by atoms with Crippen molar-refractivity contribution in [1.82, 2.24) is 5.32 Å². The van der Waals surface area contributed by atoms with Crippen molar-refractivity contribution >= 4 is 27.7 Å². The topological polar surface area (TPSA) is 12.0 Å². The van der Waals surface area contributed by atoms with Crippen LogP contribution in [-0.4, -0.2) is 23.6 Å². The fourth-order valence-corrected chi connectivity index (χ4v) is 3.10. The molecule has 0 aliphatic carbocycles. The molecule has 0 aliphatic rings. The summed E-state index contributed by atoms with van der Waals surface area (Å²) >= 11 is 5.29. The summed E-state index contributed by atoms with van der Waals surface area (Å²) in [6.07, 6.45) is 1.98. The second kappa shape index (κ2) is 8.98. The van der Waals surface area contributed by atoms with Crippen LogP contribution in [0.3, 0.4) is 0 Å². The largest absolute Gasteiger partial charge is 0.313 e. The Morgan fingerprint density at radius 1 is 1.37 bits per heavy atom. The maximum Gasteiger partial charge on any atom is 0.137 e. The van der Waals surface area contributed by atoms with Gasteiger partial charge < -0.3 is 5.32 Å². The minimum atomic E-state index is -0.178. The van der Waals surface area contributed by atoms with Crippen LogP contribution in [0.1, 0.15) is 32.8 Å². The van der Waals surface area contributed by atoms with Gasteiger partial charge in [0.15, 0.2) is 0 Å². The number of hydrogen-bond donors (Lipinski definition) is 1. The van der Waals surface area contributed by atoms with Gasteiger partial charge in [0.1, 0.15) is 5.82 Å². The second-order valence-electron chi connectivity index (χ2n) is 4.95. The van der Waals surface area contributed by atoms with Gasteiger partial charge in [0.2, 0.25) is 0 Å². The molecule has 0 amide bonds. The molecule has 4 heteroatoms. The minimum absolute atomic E-state index is 0.178. The first-order valence-corrected chi connectivity index (χ1v) is 8.66. The molecule has 0 fully saturated rings. The summed E-state index contributed by atoms with van der Waals surface area (Å²) in [6, 6.07) is 5.66. The van der Waals surface area contributed by atoms with Gasteiger partial charge in [-0.1, -0.05) is 32.9 Å². The summed E-state index contributed by atoms with van der Waals surface area (Å²) in [7, 11) is 0. The van der Waals surface area contributed by atoms with Crippen LogP contribution in [0, 0.1) is 5.82 Å². The third-order valence-electron chi connectivity index (χ3n) is 2.81. The number of rotatable bonds is 8. The smallest absolute Gasteiger partial charge is 0.137 e. The van der Waals surface area contributed by atoms with Crippen molar-refractivity contribution in [2.24, 2.45) is 0 Å². The van der Waals surface area contributed by atoms with E-state index >= 15 is 0 Å². The molecule has 0 aromatic heterocycles. The molecule has 108 valence electrons. The SMILES string of the molecule is CCCNC(CSC(C)C)Cc1cccc(F)c1Br. The Hall–Kier alpha value is -0.0600. The van der Waals surface area contributed by atoms with E-state index in [0.29, 0.717) is 15.8 Å². The number of nitrogens with one attached hydrogen (secondary N) is 1. The molecule has 0 bridgehead atoms. The Balaban J connectivity index is 2.66. The first-order chi connectivity index (χ1) is 9.04. The van der Waals surface area contributed by atoms with Crippen LogP contribution in [0.5, 0.6) is 0 Å². The average Bonchev–Trinajstić information content (AvgIpc) is 2.37. The van der Waals surface area contributed by atoms with Crippen LogP contribution >= 0.6 is 27.7 Å². The summed E-state index contributed by atoms with van der Waals surface area (Å²) in [4.78, 5) is 0. The molecule has 1 N–H and O–H groups in total. The van der Waals surface area contributed by atoms with Crippen molar-refractivity contribution in [3.05, 3.63) is 34.1 Å². The molecule has 1 aromatic rings. The first kappa shape index (κ1) is 17.0.